The highest BCUT2D eigenvalue weighted by atomic mass is 16.1. The summed E-state index contributed by atoms with van der Waals surface area (Å²) in [5.41, 5.74) is 10.1. The van der Waals surface area contributed by atoms with Crippen LogP contribution in [-0.2, 0) is 6.42 Å². The van der Waals surface area contributed by atoms with Gasteiger partial charge in [0.1, 0.15) is 0 Å². The van der Waals surface area contributed by atoms with Crippen molar-refractivity contribution in [2.75, 3.05) is 11.1 Å². The summed E-state index contributed by atoms with van der Waals surface area (Å²) < 4.78 is 0. The van der Waals surface area contributed by atoms with Crippen LogP contribution in [0.4, 0.5) is 11.4 Å². The number of nitrogens with one attached hydrogen (secondary N) is 2. The normalized spacial score (nSPS) is 10.8. The molecule has 3 aromatic carbocycles. The van der Waals surface area contributed by atoms with Crippen LogP contribution < -0.4 is 11.1 Å². The maximum atomic E-state index is 12.5. The Bertz CT molecular complexity index is 1140. The van der Waals surface area contributed by atoms with Gasteiger partial charge in [0.05, 0.1) is 17.1 Å². The first-order valence-electron chi connectivity index (χ1n) is 9.46. The molecule has 0 radical (unpaired) electrons. The summed E-state index contributed by atoms with van der Waals surface area (Å²) in [5.74, 6) is -0.147. The van der Waals surface area contributed by atoms with Crippen LogP contribution in [0.15, 0.2) is 78.9 Å². The van der Waals surface area contributed by atoms with Crippen LogP contribution >= 0.6 is 0 Å². The largest absolute Gasteiger partial charge is 0.397 e. The van der Waals surface area contributed by atoms with Crippen molar-refractivity contribution in [3.05, 3.63) is 95.7 Å². The van der Waals surface area contributed by atoms with Gasteiger partial charge in [-0.2, -0.15) is 0 Å². The number of hydrogen-bond acceptors (Lipinski definition) is 3. The first kappa shape index (κ1) is 18.5. The van der Waals surface area contributed by atoms with E-state index in [1.54, 1.807) is 24.3 Å². The number of amides is 1. The lowest BCUT2D eigenvalue weighted by Gasteiger charge is -2.08. The van der Waals surface area contributed by atoms with Gasteiger partial charge in [-0.25, -0.2) is 0 Å². The van der Waals surface area contributed by atoms with E-state index in [4.69, 9.17) is 5.73 Å². The van der Waals surface area contributed by atoms with Gasteiger partial charge in [0.15, 0.2) is 5.78 Å². The van der Waals surface area contributed by atoms with E-state index in [0.717, 1.165) is 16.5 Å². The summed E-state index contributed by atoms with van der Waals surface area (Å²) >= 11 is 0. The van der Waals surface area contributed by atoms with E-state index in [0.29, 0.717) is 35.5 Å². The molecule has 1 aromatic heterocycles. The molecule has 5 nitrogen and oxygen atoms in total. The van der Waals surface area contributed by atoms with E-state index in [1.807, 2.05) is 54.6 Å². The van der Waals surface area contributed by atoms with Crippen LogP contribution in [0.2, 0.25) is 0 Å². The Morgan fingerprint density at radius 2 is 1.62 bits per heavy atom. The lowest BCUT2D eigenvalue weighted by atomic mass is 10.0. The predicted octanol–water partition coefficient (Wildman–Crippen LogP) is 4.82. The number of para-hydroxylation sites is 3. The Balaban J connectivity index is 1.37. The van der Waals surface area contributed by atoms with Gasteiger partial charge in [-0.3, -0.25) is 9.59 Å². The molecule has 4 aromatic rings. The van der Waals surface area contributed by atoms with Crippen molar-refractivity contribution in [3.63, 3.8) is 0 Å². The summed E-state index contributed by atoms with van der Waals surface area (Å²) in [6.07, 6.45) is 1.01. The zero-order valence-electron chi connectivity index (χ0n) is 15.8. The number of nitrogen functional groups attached to an aromatic ring is 1. The molecule has 0 unspecified atom stereocenters. The molecule has 1 heterocycles. The van der Waals surface area contributed by atoms with Gasteiger partial charge < -0.3 is 16.0 Å². The lowest BCUT2D eigenvalue weighted by molar-refractivity contribution is 0.0977. The van der Waals surface area contributed by atoms with Crippen molar-refractivity contribution in [2.24, 2.45) is 0 Å². The monoisotopic (exact) mass is 383 g/mol. The van der Waals surface area contributed by atoms with Gasteiger partial charge in [0, 0.05) is 22.9 Å². The van der Waals surface area contributed by atoms with Gasteiger partial charge in [-0.05, 0) is 48.4 Å². The molecule has 0 aliphatic heterocycles. The molecule has 4 rings (SSSR count). The Kier molecular flexibility index (Phi) is 5.12. The molecule has 4 N–H and O–H groups in total. The fourth-order valence-corrected chi connectivity index (χ4v) is 3.24. The Labute approximate surface area is 168 Å². The number of anilines is 2. The molecular weight excluding hydrogens is 362 g/mol. The first-order chi connectivity index (χ1) is 14.1. The van der Waals surface area contributed by atoms with Crippen LogP contribution in [0.1, 0.15) is 32.8 Å². The topological polar surface area (TPSA) is 88.0 Å². The van der Waals surface area contributed by atoms with Crippen LogP contribution in [0.25, 0.3) is 10.9 Å². The number of carbonyl (C=O) groups excluding carboxylic acids is 2. The van der Waals surface area contributed by atoms with Gasteiger partial charge in [0.25, 0.3) is 5.91 Å². The highest BCUT2D eigenvalue weighted by Crippen LogP contribution is 2.19. The van der Waals surface area contributed by atoms with E-state index in [1.165, 1.54) is 0 Å². The number of carbonyl (C=O) groups is 2. The highest BCUT2D eigenvalue weighted by molar-refractivity contribution is 6.05. The Morgan fingerprint density at radius 3 is 2.38 bits per heavy atom. The van der Waals surface area contributed by atoms with Crippen LogP contribution in [0, 0.1) is 0 Å². The maximum Gasteiger partial charge on any atom is 0.255 e. The first-order valence-corrected chi connectivity index (χ1v) is 9.46. The molecule has 0 fully saturated rings. The number of benzene rings is 3. The zero-order chi connectivity index (χ0) is 20.2. The Hall–Kier alpha value is -3.86. The summed E-state index contributed by atoms with van der Waals surface area (Å²) in [6, 6.07) is 24.1. The fourth-order valence-electron chi connectivity index (χ4n) is 3.24. The van der Waals surface area contributed by atoms with Gasteiger partial charge in [-0.1, -0.05) is 42.5 Å². The third kappa shape index (κ3) is 4.19. The average Bonchev–Trinajstić information content (AvgIpc) is 3.18. The van der Waals surface area contributed by atoms with Gasteiger partial charge >= 0.3 is 0 Å². The minimum Gasteiger partial charge on any atom is -0.397 e. The molecule has 0 saturated heterocycles. The minimum atomic E-state index is -0.219. The molecule has 0 spiro atoms. The second-order valence-corrected chi connectivity index (χ2v) is 6.93. The molecular formula is C24H21N3O2. The van der Waals surface area contributed by atoms with E-state index in [-0.39, 0.29) is 11.7 Å². The summed E-state index contributed by atoms with van der Waals surface area (Å²) in [4.78, 5) is 28.1. The van der Waals surface area contributed by atoms with Crippen molar-refractivity contribution < 1.29 is 9.59 Å². The third-order valence-electron chi connectivity index (χ3n) is 4.90. The number of ketones is 1. The number of fused-ring (bicyclic) bond motifs is 1. The van der Waals surface area contributed by atoms with Crippen molar-refractivity contribution in [1.29, 1.82) is 0 Å². The number of rotatable bonds is 6. The molecule has 144 valence electrons. The molecule has 0 atom stereocenters. The van der Waals surface area contributed by atoms with Crippen LogP contribution in [0.3, 0.4) is 0 Å². The summed E-state index contributed by atoms with van der Waals surface area (Å²) in [7, 11) is 0. The van der Waals surface area contributed by atoms with E-state index >= 15 is 0 Å². The number of aromatic amines is 1. The van der Waals surface area contributed by atoms with Gasteiger partial charge in [0.2, 0.25) is 0 Å². The van der Waals surface area contributed by atoms with Crippen molar-refractivity contribution in [1.82, 2.24) is 4.98 Å². The lowest BCUT2D eigenvalue weighted by Crippen LogP contribution is -2.13. The summed E-state index contributed by atoms with van der Waals surface area (Å²) in [5, 5.41) is 3.84. The SMILES string of the molecule is Nc1ccccc1NC(=O)c1ccc(CCC(=O)c2cc3ccccc3[nH]2)cc1. The zero-order valence-corrected chi connectivity index (χ0v) is 15.8. The van der Waals surface area contributed by atoms with Crippen LogP contribution in [0.5, 0.6) is 0 Å². The number of Topliss-reactive ketones (excluding diaryl/α,β-unsaturated/α-hetero) is 1. The van der Waals surface area contributed by atoms with E-state index in [9.17, 15) is 9.59 Å². The third-order valence-corrected chi connectivity index (χ3v) is 4.90. The number of nitrogens with two attached hydrogens (primary N) is 1. The highest BCUT2D eigenvalue weighted by Gasteiger charge is 2.11. The smallest absolute Gasteiger partial charge is 0.255 e. The van der Waals surface area contributed by atoms with E-state index in [2.05, 4.69) is 10.3 Å². The fraction of sp³-hybridized carbons (Fsp3) is 0.0833. The van der Waals surface area contributed by atoms with Gasteiger partial charge in [-0.15, -0.1) is 0 Å². The summed E-state index contributed by atoms with van der Waals surface area (Å²) in [6.45, 7) is 0. The predicted molar refractivity (Wildman–Crippen MR) is 116 cm³/mol. The molecule has 1 amide bonds. The van der Waals surface area contributed by atoms with Crippen LogP contribution in [-0.4, -0.2) is 16.7 Å². The van der Waals surface area contributed by atoms with Crippen molar-refractivity contribution >= 4 is 34.0 Å². The number of aromatic nitrogens is 1. The maximum absolute atomic E-state index is 12.5. The van der Waals surface area contributed by atoms with Crippen molar-refractivity contribution in [3.8, 4) is 0 Å². The minimum absolute atomic E-state index is 0.0718. The molecule has 5 heteroatoms. The molecule has 0 aliphatic carbocycles. The second kappa shape index (κ2) is 8.02. The number of aryl methyl sites for hydroxylation is 1. The standard InChI is InChI=1S/C24H21N3O2/c25-19-6-2-4-8-21(19)27-24(29)17-12-9-16(10-13-17)11-14-23(28)22-15-18-5-1-3-7-20(18)26-22/h1-10,12-13,15,26H,11,14,25H2,(H,27,29). The second-order valence-electron chi connectivity index (χ2n) is 6.93. The Morgan fingerprint density at radius 1 is 0.897 bits per heavy atom. The van der Waals surface area contributed by atoms with E-state index < -0.39 is 0 Å². The average molecular weight is 383 g/mol. The molecule has 29 heavy (non-hydrogen) atoms. The number of H-pyrrole nitrogens is 1. The van der Waals surface area contributed by atoms with Crippen molar-refractivity contribution in [2.45, 2.75) is 12.8 Å². The quantitative estimate of drug-likeness (QED) is 0.329. The molecule has 0 saturated carbocycles. The molecule has 0 aliphatic rings. The number of hydrogen-bond donors (Lipinski definition) is 3. The molecule has 0 bridgehead atoms.